The Morgan fingerprint density at radius 1 is 1.62 bits per heavy atom. The van der Waals surface area contributed by atoms with Crippen LogP contribution >= 0.6 is 11.6 Å². The molecule has 76 valence electrons. The molecule has 0 aromatic heterocycles. The van der Waals surface area contributed by atoms with E-state index >= 15 is 0 Å². The molecule has 1 heterocycles. The Morgan fingerprint density at radius 2 is 2.08 bits per heavy atom. The zero-order valence-electron chi connectivity index (χ0n) is 7.61. The fourth-order valence-corrected chi connectivity index (χ4v) is 1.54. The molecule has 1 aliphatic heterocycles. The van der Waals surface area contributed by atoms with Crippen LogP contribution in [0.15, 0.2) is 0 Å². The number of amides is 1. The van der Waals surface area contributed by atoms with Crippen LogP contribution in [0.2, 0.25) is 0 Å². The van der Waals surface area contributed by atoms with E-state index in [1.165, 1.54) is 0 Å². The van der Waals surface area contributed by atoms with Gasteiger partial charge in [0.2, 0.25) is 0 Å². The standard InChI is InChI=1S/C8H12ClF2NO/c1-3-7(2)4-12(5-7)6(13)8(9,10)11/h3-5H2,1-2H3. The maximum atomic E-state index is 12.3. The zero-order chi connectivity index (χ0) is 10.3. The molecule has 2 nitrogen and oxygen atoms in total. The second kappa shape index (κ2) is 3.08. The zero-order valence-corrected chi connectivity index (χ0v) is 8.37. The van der Waals surface area contributed by atoms with Crippen LogP contribution in [0.5, 0.6) is 0 Å². The Hall–Kier alpha value is -0.380. The van der Waals surface area contributed by atoms with E-state index in [1.54, 1.807) is 0 Å². The predicted octanol–water partition coefficient (Wildman–Crippen LogP) is 2.08. The van der Waals surface area contributed by atoms with Crippen LogP contribution in [-0.4, -0.2) is 29.3 Å². The molecule has 1 saturated heterocycles. The first-order chi connectivity index (χ1) is 5.78. The van der Waals surface area contributed by atoms with Crippen molar-refractivity contribution in [2.24, 2.45) is 5.41 Å². The van der Waals surface area contributed by atoms with Crippen molar-refractivity contribution in [1.82, 2.24) is 4.90 Å². The molecule has 1 fully saturated rings. The molecule has 0 aromatic carbocycles. The van der Waals surface area contributed by atoms with Crippen LogP contribution < -0.4 is 0 Å². The Kier molecular flexibility index (Phi) is 2.54. The van der Waals surface area contributed by atoms with Crippen LogP contribution in [0.25, 0.3) is 0 Å². The molecule has 1 aliphatic rings. The lowest BCUT2D eigenvalue weighted by atomic mass is 9.79. The van der Waals surface area contributed by atoms with Gasteiger partial charge in [0.05, 0.1) is 0 Å². The highest BCUT2D eigenvalue weighted by atomic mass is 35.5. The summed E-state index contributed by atoms with van der Waals surface area (Å²) in [6.45, 7) is 4.69. The number of rotatable bonds is 2. The molecular formula is C8H12ClF2NO. The average molecular weight is 212 g/mol. The minimum Gasteiger partial charge on any atom is -0.335 e. The largest absolute Gasteiger partial charge is 0.399 e. The number of alkyl halides is 3. The molecule has 0 aliphatic carbocycles. The fourth-order valence-electron chi connectivity index (χ4n) is 1.42. The molecule has 13 heavy (non-hydrogen) atoms. The third kappa shape index (κ3) is 2.10. The van der Waals surface area contributed by atoms with Crippen molar-refractivity contribution in [3.8, 4) is 0 Å². The van der Waals surface area contributed by atoms with Gasteiger partial charge in [-0.25, -0.2) is 0 Å². The van der Waals surface area contributed by atoms with Crippen LogP contribution in [0, 0.1) is 5.41 Å². The molecule has 0 unspecified atom stereocenters. The van der Waals surface area contributed by atoms with E-state index in [-0.39, 0.29) is 5.41 Å². The van der Waals surface area contributed by atoms with Gasteiger partial charge >= 0.3 is 11.3 Å². The molecule has 1 amide bonds. The van der Waals surface area contributed by atoms with Crippen LogP contribution in [0.3, 0.4) is 0 Å². The van der Waals surface area contributed by atoms with Gasteiger partial charge in [0.15, 0.2) is 0 Å². The molecule has 0 saturated carbocycles. The summed E-state index contributed by atoms with van der Waals surface area (Å²) in [6, 6.07) is 0. The Balaban J connectivity index is 2.49. The molecule has 0 aromatic rings. The van der Waals surface area contributed by atoms with Gasteiger partial charge in [-0.1, -0.05) is 13.8 Å². The second-order valence-electron chi connectivity index (χ2n) is 3.82. The molecule has 5 heteroatoms. The fraction of sp³-hybridized carbons (Fsp3) is 0.875. The monoisotopic (exact) mass is 211 g/mol. The van der Waals surface area contributed by atoms with Gasteiger partial charge in [-0.15, -0.1) is 0 Å². The van der Waals surface area contributed by atoms with Gasteiger partial charge in [0.1, 0.15) is 0 Å². The first kappa shape index (κ1) is 10.7. The van der Waals surface area contributed by atoms with E-state index in [2.05, 4.69) is 11.6 Å². The first-order valence-electron chi connectivity index (χ1n) is 4.14. The first-order valence-corrected chi connectivity index (χ1v) is 4.52. The molecule has 0 N–H and O–H groups in total. The summed E-state index contributed by atoms with van der Waals surface area (Å²) in [5, 5.41) is -3.74. The highest BCUT2D eigenvalue weighted by molar-refractivity contribution is 6.32. The lowest BCUT2D eigenvalue weighted by Gasteiger charge is -2.48. The lowest BCUT2D eigenvalue weighted by molar-refractivity contribution is -0.158. The molecule has 0 spiro atoms. The third-order valence-corrected chi connectivity index (χ3v) is 2.69. The normalized spacial score (nSPS) is 21.2. The molecular weight excluding hydrogens is 200 g/mol. The second-order valence-corrected chi connectivity index (χ2v) is 4.30. The van der Waals surface area contributed by atoms with E-state index in [0.29, 0.717) is 13.1 Å². The number of halogens is 3. The van der Waals surface area contributed by atoms with E-state index in [9.17, 15) is 13.6 Å². The lowest BCUT2D eigenvalue weighted by Crippen LogP contribution is -2.59. The average Bonchev–Trinajstić information content (AvgIpc) is 1.95. The Morgan fingerprint density at radius 3 is 2.38 bits per heavy atom. The smallest absolute Gasteiger partial charge is 0.335 e. The van der Waals surface area contributed by atoms with Gasteiger partial charge in [-0.3, -0.25) is 4.79 Å². The molecule has 1 rings (SSSR count). The minimum absolute atomic E-state index is 0.00218. The van der Waals surface area contributed by atoms with Crippen molar-refractivity contribution in [3.63, 3.8) is 0 Å². The summed E-state index contributed by atoms with van der Waals surface area (Å²) in [4.78, 5) is 12.0. The summed E-state index contributed by atoms with van der Waals surface area (Å²) in [5.41, 5.74) is -0.00218. The maximum Gasteiger partial charge on any atom is 0.399 e. The number of carbonyl (C=O) groups is 1. The van der Waals surface area contributed by atoms with E-state index < -0.39 is 11.3 Å². The summed E-state index contributed by atoms with van der Waals surface area (Å²) in [6.07, 6.45) is 0.880. The van der Waals surface area contributed by atoms with Crippen LogP contribution in [-0.2, 0) is 4.79 Å². The van der Waals surface area contributed by atoms with Crippen molar-refractivity contribution >= 4 is 17.5 Å². The SMILES string of the molecule is CCC1(C)CN(C(=O)C(F)(F)Cl)C1. The van der Waals surface area contributed by atoms with Crippen molar-refractivity contribution in [2.75, 3.05) is 13.1 Å². The maximum absolute atomic E-state index is 12.3. The highest BCUT2D eigenvalue weighted by Crippen LogP contribution is 2.36. The number of likely N-dealkylation sites (tertiary alicyclic amines) is 1. The Bertz CT molecular complexity index is 221. The van der Waals surface area contributed by atoms with Gasteiger partial charge in [-0.05, 0) is 18.0 Å². The van der Waals surface area contributed by atoms with E-state index in [1.807, 2.05) is 13.8 Å². The third-order valence-electron chi connectivity index (χ3n) is 2.53. The van der Waals surface area contributed by atoms with E-state index in [4.69, 9.17) is 0 Å². The van der Waals surface area contributed by atoms with Crippen molar-refractivity contribution in [1.29, 1.82) is 0 Å². The van der Waals surface area contributed by atoms with E-state index in [0.717, 1.165) is 11.3 Å². The number of carbonyl (C=O) groups excluding carboxylic acids is 1. The van der Waals surface area contributed by atoms with Crippen LogP contribution in [0.1, 0.15) is 20.3 Å². The Labute approximate surface area is 80.8 Å². The molecule has 0 radical (unpaired) electrons. The predicted molar refractivity (Wildman–Crippen MR) is 45.8 cm³/mol. The summed E-state index contributed by atoms with van der Waals surface area (Å²) in [5.74, 6) is -1.28. The molecule has 0 bridgehead atoms. The number of nitrogens with zero attached hydrogens (tertiary/aromatic N) is 1. The highest BCUT2D eigenvalue weighted by Gasteiger charge is 2.48. The summed E-state index contributed by atoms with van der Waals surface area (Å²) in [7, 11) is 0. The van der Waals surface area contributed by atoms with Crippen molar-refractivity contribution in [2.45, 2.75) is 25.7 Å². The number of hydrogen-bond acceptors (Lipinski definition) is 1. The van der Waals surface area contributed by atoms with Crippen LogP contribution in [0.4, 0.5) is 8.78 Å². The van der Waals surface area contributed by atoms with Crippen molar-refractivity contribution < 1.29 is 13.6 Å². The summed E-state index contributed by atoms with van der Waals surface area (Å²) >= 11 is 4.60. The summed E-state index contributed by atoms with van der Waals surface area (Å²) < 4.78 is 24.6. The quantitative estimate of drug-likeness (QED) is 0.641. The van der Waals surface area contributed by atoms with Gasteiger partial charge in [-0.2, -0.15) is 8.78 Å². The van der Waals surface area contributed by atoms with Gasteiger partial charge in [0.25, 0.3) is 0 Å². The molecule has 0 atom stereocenters. The minimum atomic E-state index is -3.74. The number of hydrogen-bond donors (Lipinski definition) is 0. The topological polar surface area (TPSA) is 20.3 Å². The van der Waals surface area contributed by atoms with Gasteiger partial charge < -0.3 is 4.90 Å². The van der Waals surface area contributed by atoms with Gasteiger partial charge in [0, 0.05) is 18.5 Å². The van der Waals surface area contributed by atoms with Crippen molar-refractivity contribution in [3.05, 3.63) is 0 Å².